The molecule has 0 aliphatic heterocycles. The minimum absolute atomic E-state index is 0.0487. The smallest absolute Gasteiger partial charge is 0.295 e. The van der Waals surface area contributed by atoms with Crippen LogP contribution in [0.25, 0.3) is 4.98 Å². The number of halogens is 1. The molecule has 60 valence electrons. The van der Waals surface area contributed by atoms with Gasteiger partial charge in [0.2, 0.25) is 5.39 Å². The molecule has 0 N–H and O–H groups in total. The van der Waals surface area contributed by atoms with Gasteiger partial charge < -0.3 is 0 Å². The summed E-state index contributed by atoms with van der Waals surface area (Å²) in [6.07, 6.45) is 0. The Balaban J connectivity index is 3.25. The van der Waals surface area contributed by atoms with E-state index in [1.807, 2.05) is 0 Å². The molecule has 0 bridgehead atoms. The molecular weight excluding hydrogens is 220 g/mol. The van der Waals surface area contributed by atoms with E-state index in [1.54, 1.807) is 12.1 Å². The average molecular weight is 226 g/mol. The number of Topliss-reactive ketones (excluding diaryl/α,β-unsaturated/α-hetero) is 1. The topological polar surface area (TPSA) is 45.2 Å². The zero-order valence-corrected chi connectivity index (χ0v) is 8.00. The Morgan fingerprint density at radius 3 is 2.75 bits per heavy atom. The third-order valence-electron chi connectivity index (χ3n) is 1.46. The number of carbonyl (C=O) groups is 1. The van der Waals surface area contributed by atoms with Gasteiger partial charge in [-0.15, -0.1) is 0 Å². The molecule has 0 atom stereocenters. The Morgan fingerprint density at radius 2 is 2.25 bits per heavy atom. The maximum Gasteiger partial charge on any atom is 0.399 e. The maximum atomic E-state index is 10.9. The van der Waals surface area contributed by atoms with Gasteiger partial charge in [-0.05, 0) is 35.0 Å². The van der Waals surface area contributed by atoms with Crippen molar-refractivity contribution in [1.82, 2.24) is 0 Å². The summed E-state index contributed by atoms with van der Waals surface area (Å²) in [5.74, 6) is -0.0487. The summed E-state index contributed by atoms with van der Waals surface area (Å²) in [5.41, 5.74) is 0.897. The number of nitrogens with zero attached hydrogens (tertiary/aromatic N) is 2. The van der Waals surface area contributed by atoms with Crippen LogP contribution in [0.3, 0.4) is 0 Å². The number of benzene rings is 1. The zero-order valence-electron chi connectivity index (χ0n) is 6.41. The van der Waals surface area contributed by atoms with E-state index >= 15 is 0 Å². The number of diazo groups is 1. The molecule has 4 heteroatoms. The van der Waals surface area contributed by atoms with Gasteiger partial charge in [-0.3, -0.25) is 4.79 Å². The molecule has 0 amide bonds. The Kier molecular flexibility index (Phi) is 2.56. The van der Waals surface area contributed by atoms with Crippen LogP contribution < -0.4 is 0 Å². The predicted octanol–water partition coefficient (Wildman–Crippen LogP) is 3.14. The SMILES string of the molecule is CC(=O)c1ccc(Br)c([N+]#N)c1. The molecular formula is C8H6BrN2O+. The van der Waals surface area contributed by atoms with Gasteiger partial charge in [0.15, 0.2) is 10.8 Å². The molecule has 1 rings (SSSR count). The average Bonchev–Trinajstić information content (AvgIpc) is 2.05. The second-order valence-corrected chi connectivity index (χ2v) is 3.18. The lowest BCUT2D eigenvalue weighted by molar-refractivity contribution is 0.101. The standard InChI is InChI=1S/C8H6BrN2O/c1-5(12)6-2-3-7(9)8(4-6)11-10/h2-4H,1H3/q+1. The van der Waals surface area contributed by atoms with Crippen molar-refractivity contribution < 1.29 is 4.79 Å². The second-order valence-electron chi connectivity index (χ2n) is 2.32. The van der Waals surface area contributed by atoms with Crippen molar-refractivity contribution in [3.8, 4) is 0 Å². The third kappa shape index (κ3) is 1.69. The van der Waals surface area contributed by atoms with Crippen molar-refractivity contribution >= 4 is 27.4 Å². The van der Waals surface area contributed by atoms with Gasteiger partial charge in [0.25, 0.3) is 0 Å². The molecule has 1 aromatic carbocycles. The van der Waals surface area contributed by atoms with E-state index in [0.717, 1.165) is 0 Å². The first-order chi connectivity index (χ1) is 5.65. The first kappa shape index (κ1) is 8.88. The first-order valence-corrected chi connectivity index (χ1v) is 4.10. The van der Waals surface area contributed by atoms with Gasteiger partial charge in [0.1, 0.15) is 4.47 Å². The summed E-state index contributed by atoms with van der Waals surface area (Å²) < 4.78 is 0.662. The molecule has 0 unspecified atom stereocenters. The van der Waals surface area contributed by atoms with Gasteiger partial charge in [0, 0.05) is 11.6 Å². The van der Waals surface area contributed by atoms with E-state index in [9.17, 15) is 4.79 Å². The summed E-state index contributed by atoms with van der Waals surface area (Å²) in [6.45, 7) is 1.46. The van der Waals surface area contributed by atoms with Crippen molar-refractivity contribution in [3.05, 3.63) is 33.2 Å². The van der Waals surface area contributed by atoms with Crippen LogP contribution in [0.15, 0.2) is 22.7 Å². The van der Waals surface area contributed by atoms with Gasteiger partial charge in [-0.1, -0.05) is 0 Å². The fraction of sp³-hybridized carbons (Fsp3) is 0.125. The van der Waals surface area contributed by atoms with E-state index < -0.39 is 0 Å². The lowest BCUT2D eigenvalue weighted by atomic mass is 10.1. The number of carbonyl (C=O) groups excluding carboxylic acids is 1. The molecule has 0 aliphatic carbocycles. The highest BCUT2D eigenvalue weighted by Gasteiger charge is 2.13. The highest BCUT2D eigenvalue weighted by molar-refractivity contribution is 9.10. The fourth-order valence-corrected chi connectivity index (χ4v) is 1.13. The Bertz CT molecular complexity index is 368. The quantitative estimate of drug-likeness (QED) is 0.545. The fourth-order valence-electron chi connectivity index (χ4n) is 0.808. The Morgan fingerprint density at radius 1 is 1.58 bits per heavy atom. The van der Waals surface area contributed by atoms with E-state index in [0.29, 0.717) is 15.7 Å². The maximum absolute atomic E-state index is 10.9. The van der Waals surface area contributed by atoms with Gasteiger partial charge in [-0.2, -0.15) is 0 Å². The highest BCUT2D eigenvalue weighted by atomic mass is 79.9. The molecule has 0 heterocycles. The third-order valence-corrected chi connectivity index (χ3v) is 2.13. The van der Waals surface area contributed by atoms with Crippen LogP contribution in [0.1, 0.15) is 17.3 Å². The van der Waals surface area contributed by atoms with Gasteiger partial charge in [-0.25, -0.2) is 0 Å². The lowest BCUT2D eigenvalue weighted by Crippen LogP contribution is -1.90. The summed E-state index contributed by atoms with van der Waals surface area (Å²) in [6, 6.07) is 4.86. The second kappa shape index (κ2) is 3.46. The number of hydrogen-bond acceptors (Lipinski definition) is 2. The van der Waals surface area contributed by atoms with Crippen LogP contribution in [-0.2, 0) is 0 Å². The molecule has 0 aliphatic rings. The van der Waals surface area contributed by atoms with Crippen molar-refractivity contribution in [2.24, 2.45) is 0 Å². The Labute approximate surface area is 78.2 Å². The van der Waals surface area contributed by atoms with Crippen LogP contribution >= 0.6 is 15.9 Å². The van der Waals surface area contributed by atoms with Crippen LogP contribution in [0, 0.1) is 5.39 Å². The number of rotatable bonds is 1. The minimum atomic E-state index is -0.0487. The number of hydrogen-bond donors (Lipinski definition) is 0. The van der Waals surface area contributed by atoms with E-state index in [1.165, 1.54) is 13.0 Å². The van der Waals surface area contributed by atoms with Gasteiger partial charge in [0.05, 0.1) is 0 Å². The monoisotopic (exact) mass is 225 g/mol. The highest BCUT2D eigenvalue weighted by Crippen LogP contribution is 2.26. The Hall–Kier alpha value is -1.21. The van der Waals surface area contributed by atoms with E-state index in [-0.39, 0.29) is 5.78 Å². The van der Waals surface area contributed by atoms with Crippen molar-refractivity contribution in [3.63, 3.8) is 0 Å². The van der Waals surface area contributed by atoms with Crippen LogP contribution in [-0.4, -0.2) is 5.78 Å². The van der Waals surface area contributed by atoms with Crippen molar-refractivity contribution in [1.29, 1.82) is 5.39 Å². The van der Waals surface area contributed by atoms with E-state index in [2.05, 4.69) is 20.9 Å². The molecule has 1 aromatic rings. The largest absolute Gasteiger partial charge is 0.399 e. The van der Waals surface area contributed by atoms with Crippen molar-refractivity contribution in [2.45, 2.75) is 6.92 Å². The summed E-state index contributed by atoms with van der Waals surface area (Å²) in [4.78, 5) is 13.9. The molecule has 12 heavy (non-hydrogen) atoms. The predicted molar refractivity (Wildman–Crippen MR) is 48.9 cm³/mol. The molecule has 0 radical (unpaired) electrons. The summed E-state index contributed by atoms with van der Waals surface area (Å²) >= 11 is 3.17. The molecule has 0 fully saturated rings. The minimum Gasteiger partial charge on any atom is -0.295 e. The normalized spacial score (nSPS) is 9.08. The van der Waals surface area contributed by atoms with E-state index in [4.69, 9.17) is 5.39 Å². The lowest BCUT2D eigenvalue weighted by Gasteiger charge is -1.91. The molecule has 0 aromatic heterocycles. The van der Waals surface area contributed by atoms with Crippen molar-refractivity contribution in [2.75, 3.05) is 0 Å². The van der Waals surface area contributed by atoms with Crippen LogP contribution in [0.4, 0.5) is 5.69 Å². The zero-order chi connectivity index (χ0) is 9.14. The molecule has 0 saturated carbocycles. The summed E-state index contributed by atoms with van der Waals surface area (Å²) in [5, 5.41) is 8.51. The summed E-state index contributed by atoms with van der Waals surface area (Å²) in [7, 11) is 0. The van der Waals surface area contributed by atoms with Crippen LogP contribution in [0.2, 0.25) is 0 Å². The number of ketones is 1. The molecule has 3 nitrogen and oxygen atoms in total. The molecule has 0 spiro atoms. The van der Waals surface area contributed by atoms with Crippen LogP contribution in [0.5, 0.6) is 0 Å². The first-order valence-electron chi connectivity index (χ1n) is 3.30. The molecule has 0 saturated heterocycles. The van der Waals surface area contributed by atoms with Gasteiger partial charge >= 0.3 is 5.69 Å².